The fourth-order valence-electron chi connectivity index (χ4n) is 2.65. The van der Waals surface area contributed by atoms with Crippen LogP contribution in [0.2, 0.25) is 0 Å². The van der Waals surface area contributed by atoms with Gasteiger partial charge in [0.25, 0.3) is 5.56 Å². The Balaban J connectivity index is 2.02. The van der Waals surface area contributed by atoms with E-state index in [-0.39, 0.29) is 11.5 Å². The Bertz CT molecular complexity index is 1180. The highest BCUT2D eigenvalue weighted by atomic mass is 32.1. The highest BCUT2D eigenvalue weighted by Crippen LogP contribution is 2.21. The van der Waals surface area contributed by atoms with Crippen LogP contribution in [0.25, 0.3) is 21.9 Å². The highest BCUT2D eigenvalue weighted by Gasteiger charge is 2.11. The number of fused-ring (bicyclic) bond motifs is 2. The molecule has 4 rings (SSSR count). The smallest absolute Gasteiger partial charge is 0.287 e. The van der Waals surface area contributed by atoms with Gasteiger partial charge in [-0.2, -0.15) is 4.52 Å². The van der Waals surface area contributed by atoms with Crippen molar-refractivity contribution in [1.82, 2.24) is 19.2 Å². The average molecular weight is 324 g/mol. The van der Waals surface area contributed by atoms with Crippen LogP contribution in [0.1, 0.15) is 23.1 Å². The van der Waals surface area contributed by atoms with Crippen molar-refractivity contribution in [3.63, 3.8) is 0 Å². The molecule has 0 bridgehead atoms. The lowest BCUT2D eigenvalue weighted by Crippen LogP contribution is -2.23. The van der Waals surface area contributed by atoms with Gasteiger partial charge in [-0.3, -0.25) is 14.2 Å². The number of carbonyl (C=O) groups is 1. The van der Waals surface area contributed by atoms with Crippen molar-refractivity contribution in [1.29, 1.82) is 0 Å². The van der Waals surface area contributed by atoms with E-state index in [0.717, 1.165) is 16.5 Å². The third kappa shape index (κ3) is 2.08. The molecule has 7 heteroatoms. The second-order valence-corrected chi connectivity index (χ2v) is 6.27. The molecule has 0 saturated heterocycles. The molecule has 3 aromatic heterocycles. The predicted octanol–water partition coefficient (Wildman–Crippen LogP) is 1.62. The molecule has 0 aliphatic heterocycles. The number of benzene rings is 1. The van der Waals surface area contributed by atoms with E-state index in [4.69, 9.17) is 0 Å². The maximum atomic E-state index is 12.4. The number of thiazole rings is 1. The summed E-state index contributed by atoms with van der Waals surface area (Å²) in [4.78, 5) is 29.0. The summed E-state index contributed by atoms with van der Waals surface area (Å²) in [5, 5.41) is 5.02. The standard InChI is InChI=1S/C16H12N4O2S/c1-9-17-16-20(18-9)15(22)14(23-16)7-11-8-19(10(2)21)13-6-4-3-5-12(11)13/h3-8H,1-2H3/b14-7-. The molecule has 0 aliphatic rings. The molecule has 0 saturated carbocycles. The molecule has 3 heterocycles. The van der Waals surface area contributed by atoms with Crippen molar-refractivity contribution in [2.45, 2.75) is 13.8 Å². The monoisotopic (exact) mass is 324 g/mol. The van der Waals surface area contributed by atoms with Crippen LogP contribution in [0.3, 0.4) is 0 Å². The van der Waals surface area contributed by atoms with Crippen molar-refractivity contribution < 1.29 is 4.79 Å². The van der Waals surface area contributed by atoms with Crippen LogP contribution in [0.4, 0.5) is 0 Å². The molecular formula is C16H12N4O2S. The third-order valence-corrected chi connectivity index (χ3v) is 4.62. The fraction of sp³-hybridized carbons (Fsp3) is 0.125. The van der Waals surface area contributed by atoms with Crippen LogP contribution in [0.15, 0.2) is 35.3 Å². The van der Waals surface area contributed by atoms with Crippen molar-refractivity contribution in [2.24, 2.45) is 0 Å². The topological polar surface area (TPSA) is 69.3 Å². The summed E-state index contributed by atoms with van der Waals surface area (Å²) in [6.07, 6.45) is 3.55. The van der Waals surface area contributed by atoms with Crippen LogP contribution < -0.4 is 10.1 Å². The van der Waals surface area contributed by atoms with E-state index in [1.165, 1.54) is 22.8 Å². The third-order valence-electron chi connectivity index (χ3n) is 3.66. The van der Waals surface area contributed by atoms with E-state index in [0.29, 0.717) is 15.3 Å². The predicted molar refractivity (Wildman–Crippen MR) is 88.9 cm³/mol. The normalized spacial score (nSPS) is 12.5. The number of hydrogen-bond acceptors (Lipinski definition) is 5. The van der Waals surface area contributed by atoms with Gasteiger partial charge in [0.2, 0.25) is 10.9 Å². The SMILES string of the molecule is CC(=O)n1cc(/C=c2\sc3nc(C)nn3c2=O)c2ccccc21. The molecule has 0 spiro atoms. The van der Waals surface area contributed by atoms with E-state index < -0.39 is 0 Å². The summed E-state index contributed by atoms with van der Waals surface area (Å²) in [7, 11) is 0. The molecule has 1 aromatic carbocycles. The van der Waals surface area contributed by atoms with Gasteiger partial charge < -0.3 is 0 Å². The molecule has 4 aromatic rings. The zero-order valence-electron chi connectivity index (χ0n) is 12.5. The van der Waals surface area contributed by atoms with Gasteiger partial charge in [-0.05, 0) is 19.1 Å². The molecule has 0 radical (unpaired) electrons. The van der Waals surface area contributed by atoms with E-state index >= 15 is 0 Å². The largest absolute Gasteiger partial charge is 0.291 e. The summed E-state index contributed by atoms with van der Waals surface area (Å²) < 4.78 is 3.45. The second kappa shape index (κ2) is 4.85. The van der Waals surface area contributed by atoms with Gasteiger partial charge in [-0.25, -0.2) is 4.98 Å². The first-order chi connectivity index (χ1) is 11.0. The summed E-state index contributed by atoms with van der Waals surface area (Å²) in [6.45, 7) is 3.27. The molecule has 0 fully saturated rings. The minimum absolute atomic E-state index is 0.0681. The second-order valence-electron chi connectivity index (χ2n) is 5.26. The van der Waals surface area contributed by atoms with Gasteiger partial charge in [0.05, 0.1) is 10.0 Å². The lowest BCUT2D eigenvalue weighted by molar-refractivity contribution is 0.0941. The van der Waals surface area contributed by atoms with Crippen LogP contribution in [0, 0.1) is 6.92 Å². The lowest BCUT2D eigenvalue weighted by atomic mass is 10.2. The summed E-state index contributed by atoms with van der Waals surface area (Å²) in [5.74, 6) is 0.509. The first kappa shape index (κ1) is 13.8. The van der Waals surface area contributed by atoms with Crippen molar-refractivity contribution >= 4 is 39.2 Å². The van der Waals surface area contributed by atoms with E-state index in [2.05, 4.69) is 10.1 Å². The maximum absolute atomic E-state index is 12.4. The molecule has 23 heavy (non-hydrogen) atoms. The summed E-state index contributed by atoms with van der Waals surface area (Å²) in [6, 6.07) is 7.62. The van der Waals surface area contributed by atoms with Gasteiger partial charge in [0.1, 0.15) is 5.82 Å². The van der Waals surface area contributed by atoms with E-state index in [1.807, 2.05) is 24.3 Å². The molecule has 0 amide bonds. The van der Waals surface area contributed by atoms with Crippen LogP contribution in [-0.4, -0.2) is 25.1 Å². The fourth-order valence-corrected chi connectivity index (χ4v) is 3.60. The number of nitrogens with zero attached hydrogens (tertiary/aromatic N) is 4. The first-order valence-electron chi connectivity index (χ1n) is 7.03. The Morgan fingerprint density at radius 1 is 1.30 bits per heavy atom. The molecule has 0 N–H and O–H groups in total. The van der Waals surface area contributed by atoms with Crippen LogP contribution in [0.5, 0.6) is 0 Å². The quantitative estimate of drug-likeness (QED) is 0.533. The van der Waals surface area contributed by atoms with Crippen LogP contribution >= 0.6 is 11.3 Å². The van der Waals surface area contributed by atoms with Gasteiger partial charge in [0, 0.05) is 24.1 Å². The van der Waals surface area contributed by atoms with Gasteiger partial charge in [0.15, 0.2) is 0 Å². The lowest BCUT2D eigenvalue weighted by Gasteiger charge is -1.96. The Hall–Kier alpha value is -2.80. The Labute approximate surface area is 134 Å². The number of rotatable bonds is 1. The van der Waals surface area contributed by atoms with Gasteiger partial charge in [-0.15, -0.1) is 5.10 Å². The Morgan fingerprint density at radius 2 is 2.09 bits per heavy atom. The molecule has 6 nitrogen and oxygen atoms in total. The maximum Gasteiger partial charge on any atom is 0.291 e. The van der Waals surface area contributed by atoms with Crippen molar-refractivity contribution in [3.8, 4) is 0 Å². The van der Waals surface area contributed by atoms with Gasteiger partial charge >= 0.3 is 0 Å². The minimum Gasteiger partial charge on any atom is -0.287 e. The summed E-state index contributed by atoms with van der Waals surface area (Å²) in [5.41, 5.74) is 1.47. The number of para-hydroxylation sites is 1. The van der Waals surface area contributed by atoms with Crippen molar-refractivity contribution in [3.05, 3.63) is 56.7 Å². The highest BCUT2D eigenvalue weighted by molar-refractivity contribution is 7.15. The Morgan fingerprint density at radius 3 is 2.83 bits per heavy atom. The van der Waals surface area contributed by atoms with Crippen molar-refractivity contribution in [2.75, 3.05) is 0 Å². The molecular weight excluding hydrogens is 312 g/mol. The average Bonchev–Trinajstić information content (AvgIpc) is 3.14. The Kier molecular flexibility index (Phi) is 2.92. The summed E-state index contributed by atoms with van der Waals surface area (Å²) >= 11 is 1.29. The van der Waals surface area contributed by atoms with Crippen LogP contribution in [-0.2, 0) is 0 Å². The van der Waals surface area contributed by atoms with E-state index in [9.17, 15) is 9.59 Å². The number of aryl methyl sites for hydroxylation is 1. The van der Waals surface area contributed by atoms with E-state index in [1.54, 1.807) is 23.8 Å². The molecule has 0 atom stereocenters. The molecule has 0 unspecified atom stereocenters. The molecule has 0 aliphatic carbocycles. The van der Waals surface area contributed by atoms with Gasteiger partial charge in [-0.1, -0.05) is 29.5 Å². The number of hydrogen-bond donors (Lipinski definition) is 0. The first-order valence-corrected chi connectivity index (χ1v) is 7.85. The molecule has 114 valence electrons. The zero-order valence-corrected chi connectivity index (χ0v) is 13.3. The minimum atomic E-state index is -0.190. The zero-order chi connectivity index (χ0) is 16.1. The number of aromatic nitrogens is 4. The number of carbonyl (C=O) groups excluding carboxylic acids is 1.